The third-order valence-corrected chi connectivity index (χ3v) is 3.16. The number of likely N-dealkylation sites (N-methyl/N-ethyl adjacent to an activating group) is 1. The van der Waals surface area contributed by atoms with E-state index < -0.39 is 17.7 Å². The van der Waals surface area contributed by atoms with Crippen LogP contribution >= 0.6 is 0 Å². The molecule has 0 amide bonds. The van der Waals surface area contributed by atoms with Crippen LogP contribution < -0.4 is 0 Å². The van der Waals surface area contributed by atoms with Gasteiger partial charge in [0.15, 0.2) is 0 Å². The van der Waals surface area contributed by atoms with Crippen molar-refractivity contribution in [3.63, 3.8) is 0 Å². The summed E-state index contributed by atoms with van der Waals surface area (Å²) >= 11 is 0. The van der Waals surface area contributed by atoms with Gasteiger partial charge < -0.3 is 5.11 Å². The Hall–Kier alpha value is -1.78. The third-order valence-electron chi connectivity index (χ3n) is 3.16. The average Bonchev–Trinajstić information content (AvgIpc) is 2.44. The molecule has 20 heavy (non-hydrogen) atoms. The third kappa shape index (κ3) is 3.62. The number of hydrogen-bond acceptors (Lipinski definition) is 2. The summed E-state index contributed by atoms with van der Waals surface area (Å²) in [5.74, 6) is -1.13. The molecule has 0 spiro atoms. The van der Waals surface area contributed by atoms with E-state index in [1.807, 2.05) is 30.3 Å². The number of nitrogens with zero attached hydrogens (tertiary/aromatic N) is 1. The second-order valence-electron chi connectivity index (χ2n) is 4.82. The zero-order valence-corrected chi connectivity index (χ0v) is 11.3. The first-order valence-corrected chi connectivity index (χ1v) is 6.42. The van der Waals surface area contributed by atoms with E-state index in [4.69, 9.17) is 0 Å². The molecule has 0 unspecified atom stereocenters. The smallest absolute Gasteiger partial charge is 0.130 e. The lowest BCUT2D eigenvalue weighted by Gasteiger charge is -2.21. The molecule has 2 rings (SSSR count). The molecule has 0 aliphatic heterocycles. The number of aliphatic hydroxyl groups excluding tert-OH is 1. The van der Waals surface area contributed by atoms with Crippen molar-refractivity contribution in [3.05, 3.63) is 71.3 Å². The van der Waals surface area contributed by atoms with E-state index in [1.54, 1.807) is 11.9 Å². The van der Waals surface area contributed by atoms with E-state index in [9.17, 15) is 13.9 Å². The Balaban J connectivity index is 2.01. The molecule has 0 fully saturated rings. The molecule has 2 aromatic rings. The van der Waals surface area contributed by atoms with Crippen LogP contribution in [0.5, 0.6) is 0 Å². The van der Waals surface area contributed by atoms with Crippen molar-refractivity contribution >= 4 is 0 Å². The normalized spacial score (nSPS) is 12.7. The van der Waals surface area contributed by atoms with Gasteiger partial charge in [-0.15, -0.1) is 0 Å². The van der Waals surface area contributed by atoms with Crippen molar-refractivity contribution in [1.29, 1.82) is 0 Å². The largest absolute Gasteiger partial charge is 0.387 e. The van der Waals surface area contributed by atoms with Crippen LogP contribution in [0.3, 0.4) is 0 Å². The highest BCUT2D eigenvalue weighted by Crippen LogP contribution is 2.17. The summed E-state index contributed by atoms with van der Waals surface area (Å²) in [6, 6.07) is 13.0. The Bertz CT molecular complexity index is 539. The van der Waals surface area contributed by atoms with E-state index in [1.165, 1.54) is 18.2 Å². The zero-order chi connectivity index (χ0) is 14.5. The predicted octanol–water partition coefficient (Wildman–Crippen LogP) is 3.13. The maximum absolute atomic E-state index is 13.5. The second-order valence-corrected chi connectivity index (χ2v) is 4.82. The topological polar surface area (TPSA) is 23.5 Å². The standard InChI is InChI=1S/C16H17F2NO/c1-19(10-13-14(17)8-5-9-15(13)18)11-16(20)12-6-3-2-4-7-12/h2-9,16,20H,10-11H2,1H3/t16-/m0/s1. The van der Waals surface area contributed by atoms with E-state index in [0.29, 0.717) is 6.54 Å². The monoisotopic (exact) mass is 277 g/mol. The minimum absolute atomic E-state index is 0.0234. The highest BCUT2D eigenvalue weighted by Gasteiger charge is 2.14. The summed E-state index contributed by atoms with van der Waals surface area (Å²) in [7, 11) is 1.72. The number of halogens is 2. The van der Waals surface area contributed by atoms with Crippen molar-refractivity contribution in [2.24, 2.45) is 0 Å². The predicted molar refractivity (Wildman–Crippen MR) is 74.1 cm³/mol. The minimum Gasteiger partial charge on any atom is -0.387 e. The molecular formula is C16H17F2NO. The average molecular weight is 277 g/mol. The van der Waals surface area contributed by atoms with E-state index >= 15 is 0 Å². The van der Waals surface area contributed by atoms with Gasteiger partial charge in [0.1, 0.15) is 11.6 Å². The summed E-state index contributed by atoms with van der Waals surface area (Å²) < 4.78 is 27.1. The number of aliphatic hydroxyl groups is 1. The zero-order valence-electron chi connectivity index (χ0n) is 11.3. The first kappa shape index (κ1) is 14.6. The summed E-state index contributed by atoms with van der Waals surface area (Å²) in [5.41, 5.74) is 0.809. The van der Waals surface area contributed by atoms with Crippen molar-refractivity contribution in [1.82, 2.24) is 4.90 Å². The SMILES string of the molecule is CN(Cc1c(F)cccc1F)C[C@H](O)c1ccccc1. The Kier molecular flexibility index (Phi) is 4.82. The van der Waals surface area contributed by atoms with Crippen LogP contribution in [0.25, 0.3) is 0 Å². The molecule has 0 radical (unpaired) electrons. The number of benzene rings is 2. The van der Waals surface area contributed by atoms with Gasteiger partial charge in [-0.25, -0.2) is 8.78 Å². The van der Waals surface area contributed by atoms with Crippen LogP contribution in [0, 0.1) is 11.6 Å². The second kappa shape index (κ2) is 6.59. The van der Waals surface area contributed by atoms with E-state index in [2.05, 4.69) is 0 Å². The van der Waals surface area contributed by atoms with Gasteiger partial charge in [0.2, 0.25) is 0 Å². The first-order valence-electron chi connectivity index (χ1n) is 6.42. The molecule has 0 aliphatic carbocycles. The fraction of sp³-hybridized carbons (Fsp3) is 0.250. The highest BCUT2D eigenvalue weighted by atomic mass is 19.1. The first-order chi connectivity index (χ1) is 9.58. The van der Waals surface area contributed by atoms with Gasteiger partial charge in [-0.2, -0.15) is 0 Å². The molecule has 0 heterocycles. The lowest BCUT2D eigenvalue weighted by Crippen LogP contribution is -2.25. The maximum Gasteiger partial charge on any atom is 0.130 e. The van der Waals surface area contributed by atoms with E-state index in [0.717, 1.165) is 5.56 Å². The number of hydrogen-bond donors (Lipinski definition) is 1. The molecule has 1 N–H and O–H groups in total. The van der Waals surface area contributed by atoms with Gasteiger partial charge in [-0.05, 0) is 24.7 Å². The maximum atomic E-state index is 13.5. The van der Waals surface area contributed by atoms with Gasteiger partial charge in [-0.3, -0.25) is 4.90 Å². The van der Waals surface area contributed by atoms with Crippen LogP contribution in [0.4, 0.5) is 8.78 Å². The lowest BCUT2D eigenvalue weighted by atomic mass is 10.1. The van der Waals surface area contributed by atoms with Gasteiger partial charge in [-0.1, -0.05) is 36.4 Å². The fourth-order valence-corrected chi connectivity index (χ4v) is 2.09. The van der Waals surface area contributed by atoms with Crippen LogP contribution in [0.15, 0.2) is 48.5 Å². The Labute approximate surface area is 117 Å². The summed E-state index contributed by atoms with van der Waals surface area (Å²) in [6.45, 7) is 0.417. The molecule has 1 atom stereocenters. The minimum atomic E-state index is -0.684. The molecule has 2 aromatic carbocycles. The Morgan fingerprint density at radius 3 is 2.20 bits per heavy atom. The summed E-state index contributed by atoms with van der Waals surface area (Å²) in [6.07, 6.45) is -0.684. The molecule has 0 bridgehead atoms. The highest BCUT2D eigenvalue weighted by molar-refractivity contribution is 5.20. The molecule has 4 heteroatoms. The molecule has 2 nitrogen and oxygen atoms in total. The Morgan fingerprint density at radius 1 is 1.00 bits per heavy atom. The van der Waals surface area contributed by atoms with Crippen molar-refractivity contribution in [2.75, 3.05) is 13.6 Å². The summed E-state index contributed by atoms with van der Waals surface area (Å²) in [5, 5.41) is 10.1. The van der Waals surface area contributed by atoms with Gasteiger partial charge in [0, 0.05) is 18.7 Å². The van der Waals surface area contributed by atoms with Crippen molar-refractivity contribution in [3.8, 4) is 0 Å². The Morgan fingerprint density at radius 2 is 1.60 bits per heavy atom. The lowest BCUT2D eigenvalue weighted by molar-refractivity contribution is 0.122. The van der Waals surface area contributed by atoms with Crippen LogP contribution in [0.1, 0.15) is 17.2 Å². The number of rotatable bonds is 5. The van der Waals surface area contributed by atoms with Gasteiger partial charge >= 0.3 is 0 Å². The van der Waals surface area contributed by atoms with Gasteiger partial charge in [0.25, 0.3) is 0 Å². The molecule has 0 saturated heterocycles. The summed E-state index contributed by atoms with van der Waals surface area (Å²) in [4.78, 5) is 1.69. The van der Waals surface area contributed by atoms with Crippen LogP contribution in [-0.4, -0.2) is 23.6 Å². The molecule has 0 aliphatic rings. The van der Waals surface area contributed by atoms with Crippen molar-refractivity contribution in [2.45, 2.75) is 12.6 Å². The molecule has 106 valence electrons. The van der Waals surface area contributed by atoms with Crippen LogP contribution in [0.2, 0.25) is 0 Å². The van der Waals surface area contributed by atoms with E-state index in [-0.39, 0.29) is 12.1 Å². The quantitative estimate of drug-likeness (QED) is 0.907. The molecule has 0 aromatic heterocycles. The van der Waals surface area contributed by atoms with Crippen LogP contribution in [-0.2, 0) is 6.54 Å². The fourth-order valence-electron chi connectivity index (χ4n) is 2.09. The molecule has 0 saturated carbocycles. The van der Waals surface area contributed by atoms with Gasteiger partial charge in [0.05, 0.1) is 6.10 Å². The molecular weight excluding hydrogens is 260 g/mol. The van der Waals surface area contributed by atoms with Crippen molar-refractivity contribution < 1.29 is 13.9 Å².